The number of urea groups is 1. The lowest BCUT2D eigenvalue weighted by atomic mass is 10.1. The van der Waals surface area contributed by atoms with Crippen molar-refractivity contribution >= 4 is 17.7 Å². The maximum absolute atomic E-state index is 11.8. The number of carbonyl (C=O) groups is 2. The van der Waals surface area contributed by atoms with Crippen molar-refractivity contribution in [2.24, 2.45) is 10.2 Å². The molecule has 0 aliphatic rings. The van der Waals surface area contributed by atoms with Gasteiger partial charge in [-0.05, 0) is 29.8 Å². The van der Waals surface area contributed by atoms with Gasteiger partial charge in [-0.25, -0.2) is 9.59 Å². The van der Waals surface area contributed by atoms with E-state index in [1.807, 2.05) is 6.07 Å². The zero-order valence-electron chi connectivity index (χ0n) is 13.0. The third-order valence-corrected chi connectivity index (χ3v) is 3.21. The molecule has 0 saturated heterocycles. The number of nitrogens with zero attached hydrogens (tertiary/aromatic N) is 2. The fourth-order valence-corrected chi connectivity index (χ4v) is 1.98. The van der Waals surface area contributed by atoms with Crippen LogP contribution in [0.2, 0.25) is 0 Å². The molecule has 0 aliphatic carbocycles. The molecule has 7 heteroatoms. The molecule has 0 aliphatic heterocycles. The Hall–Kier alpha value is -3.22. The van der Waals surface area contributed by atoms with Crippen molar-refractivity contribution in [2.45, 2.75) is 12.5 Å². The molecule has 24 heavy (non-hydrogen) atoms. The number of aliphatic carboxylic acids is 1. The number of nitrogens with one attached hydrogen (secondary N) is 1. The average Bonchev–Trinajstić information content (AvgIpc) is 2.60. The molecule has 0 bridgehead atoms. The summed E-state index contributed by atoms with van der Waals surface area (Å²) in [4.78, 5) is 23.1. The minimum absolute atomic E-state index is 0.167. The van der Waals surface area contributed by atoms with Gasteiger partial charge in [0.25, 0.3) is 0 Å². The van der Waals surface area contributed by atoms with Crippen LogP contribution in [0.4, 0.5) is 10.5 Å². The minimum Gasteiger partial charge on any atom is -0.497 e. The Labute approximate surface area is 139 Å². The summed E-state index contributed by atoms with van der Waals surface area (Å²) in [6, 6.07) is 13.8. The Kier molecular flexibility index (Phi) is 6.01. The first-order valence-electron chi connectivity index (χ1n) is 7.21. The smallest absolute Gasteiger partial charge is 0.360 e. The van der Waals surface area contributed by atoms with E-state index in [2.05, 4.69) is 15.5 Å². The molecule has 0 saturated carbocycles. The number of carbonyl (C=O) groups excluding carboxylic acids is 1. The lowest BCUT2D eigenvalue weighted by Gasteiger charge is -2.12. The Morgan fingerprint density at radius 1 is 1.12 bits per heavy atom. The lowest BCUT2D eigenvalue weighted by molar-refractivity contribution is -0.139. The molecule has 0 heterocycles. The predicted molar refractivity (Wildman–Crippen MR) is 87.6 cm³/mol. The summed E-state index contributed by atoms with van der Waals surface area (Å²) in [6.45, 7) is 0. The number of carboxylic acid groups (broad SMARTS) is 1. The van der Waals surface area contributed by atoms with E-state index in [1.165, 1.54) is 0 Å². The van der Waals surface area contributed by atoms with Crippen LogP contribution in [-0.2, 0) is 11.2 Å². The van der Waals surface area contributed by atoms with E-state index in [0.29, 0.717) is 11.4 Å². The number of hydrogen-bond donors (Lipinski definition) is 2. The zero-order chi connectivity index (χ0) is 17.4. The van der Waals surface area contributed by atoms with Crippen LogP contribution >= 0.6 is 0 Å². The largest absolute Gasteiger partial charge is 0.497 e. The van der Waals surface area contributed by atoms with Gasteiger partial charge in [0.2, 0.25) is 0 Å². The van der Waals surface area contributed by atoms with Crippen LogP contribution < -0.4 is 10.1 Å². The summed E-state index contributed by atoms with van der Waals surface area (Å²) < 4.78 is 5.01. The highest BCUT2D eigenvalue weighted by Gasteiger charge is 2.20. The van der Waals surface area contributed by atoms with Crippen LogP contribution in [0, 0.1) is 0 Å². The Morgan fingerprint density at radius 3 is 2.38 bits per heavy atom. The molecular weight excluding hydrogens is 310 g/mol. The maximum atomic E-state index is 11.8. The van der Waals surface area contributed by atoms with Crippen molar-refractivity contribution in [1.82, 2.24) is 5.32 Å². The fourth-order valence-electron chi connectivity index (χ4n) is 1.98. The maximum Gasteiger partial charge on any atom is 0.360 e. The van der Waals surface area contributed by atoms with E-state index in [9.17, 15) is 14.7 Å². The van der Waals surface area contributed by atoms with Gasteiger partial charge < -0.3 is 15.2 Å². The molecule has 2 N–H and O–H groups in total. The van der Waals surface area contributed by atoms with Gasteiger partial charge in [-0.3, -0.25) is 0 Å². The topological polar surface area (TPSA) is 100 Å². The predicted octanol–water partition coefficient (Wildman–Crippen LogP) is 3.18. The monoisotopic (exact) mass is 327 g/mol. The summed E-state index contributed by atoms with van der Waals surface area (Å²) in [7, 11) is 1.54. The minimum atomic E-state index is -1.13. The molecule has 0 radical (unpaired) electrons. The lowest BCUT2D eigenvalue weighted by Crippen LogP contribution is -2.40. The van der Waals surface area contributed by atoms with Gasteiger partial charge in [0.05, 0.1) is 12.8 Å². The number of rotatable bonds is 6. The second-order valence-electron chi connectivity index (χ2n) is 4.93. The Bertz CT molecular complexity index is 714. The number of methoxy groups -OCH3 is 1. The normalized spacial score (nSPS) is 11.9. The van der Waals surface area contributed by atoms with Crippen LogP contribution in [0.25, 0.3) is 0 Å². The number of hydrogen-bond acceptors (Lipinski definition) is 4. The highest BCUT2D eigenvalue weighted by atomic mass is 16.5. The second kappa shape index (κ2) is 8.42. The average molecular weight is 327 g/mol. The van der Waals surface area contributed by atoms with Crippen molar-refractivity contribution in [3.8, 4) is 5.75 Å². The van der Waals surface area contributed by atoms with E-state index in [4.69, 9.17) is 4.74 Å². The molecule has 0 aromatic heterocycles. The van der Waals surface area contributed by atoms with Gasteiger partial charge in [-0.15, -0.1) is 5.11 Å². The molecule has 0 unspecified atom stereocenters. The number of azo groups is 1. The van der Waals surface area contributed by atoms with Gasteiger partial charge >= 0.3 is 12.0 Å². The molecular formula is C17H17N3O4. The standard InChI is InChI=1S/C17H17N3O4/c1-24-14-9-7-13(8-10-14)19-20-17(23)18-15(16(21)22)11-12-5-3-2-4-6-12/h2-10,15H,11H2,1H3,(H,18,23)(H,21,22)/t15-/m1/s1. The van der Waals surface area contributed by atoms with Gasteiger partial charge in [-0.2, -0.15) is 0 Å². The number of amides is 2. The summed E-state index contributed by atoms with van der Waals surface area (Å²) in [5.41, 5.74) is 1.26. The van der Waals surface area contributed by atoms with E-state index >= 15 is 0 Å². The molecule has 0 spiro atoms. The first-order chi connectivity index (χ1) is 11.6. The first-order valence-corrected chi connectivity index (χ1v) is 7.21. The van der Waals surface area contributed by atoms with Crippen LogP contribution in [-0.4, -0.2) is 30.3 Å². The molecule has 2 amide bonds. The summed E-state index contributed by atoms with van der Waals surface area (Å²) >= 11 is 0. The van der Waals surface area contributed by atoms with Crippen molar-refractivity contribution in [1.29, 1.82) is 0 Å². The van der Waals surface area contributed by atoms with E-state index in [0.717, 1.165) is 5.56 Å². The highest BCUT2D eigenvalue weighted by Crippen LogP contribution is 2.17. The van der Waals surface area contributed by atoms with Crippen molar-refractivity contribution in [2.75, 3.05) is 7.11 Å². The second-order valence-corrected chi connectivity index (χ2v) is 4.93. The van der Waals surface area contributed by atoms with Crippen molar-refractivity contribution in [3.05, 3.63) is 60.2 Å². The summed E-state index contributed by atoms with van der Waals surface area (Å²) in [5, 5.41) is 18.8. The number of carboxylic acids is 1. The van der Waals surface area contributed by atoms with Crippen molar-refractivity contribution < 1.29 is 19.4 Å². The van der Waals surface area contributed by atoms with Gasteiger partial charge in [0.15, 0.2) is 0 Å². The van der Waals surface area contributed by atoms with Crippen molar-refractivity contribution in [3.63, 3.8) is 0 Å². The number of benzene rings is 2. The van der Waals surface area contributed by atoms with Crippen LogP contribution in [0.1, 0.15) is 5.56 Å². The van der Waals surface area contributed by atoms with Crippen LogP contribution in [0.5, 0.6) is 5.75 Å². The fraction of sp³-hybridized carbons (Fsp3) is 0.176. The highest BCUT2D eigenvalue weighted by molar-refractivity contribution is 5.83. The third kappa shape index (κ3) is 5.20. The summed E-state index contributed by atoms with van der Waals surface area (Å²) in [6.07, 6.45) is 0.167. The quantitative estimate of drug-likeness (QED) is 0.796. The Balaban J connectivity index is 1.97. The van der Waals surface area contributed by atoms with E-state index < -0.39 is 18.0 Å². The molecule has 2 aromatic rings. The van der Waals surface area contributed by atoms with Gasteiger partial charge in [0.1, 0.15) is 11.8 Å². The molecule has 7 nitrogen and oxygen atoms in total. The molecule has 124 valence electrons. The van der Waals surface area contributed by atoms with E-state index in [-0.39, 0.29) is 6.42 Å². The summed E-state index contributed by atoms with van der Waals surface area (Å²) in [5.74, 6) is -0.473. The van der Waals surface area contributed by atoms with Crippen LogP contribution in [0.3, 0.4) is 0 Å². The molecule has 2 rings (SSSR count). The van der Waals surface area contributed by atoms with Gasteiger partial charge in [0, 0.05) is 6.42 Å². The number of ether oxygens (including phenoxy) is 1. The molecule has 2 aromatic carbocycles. The molecule has 0 fully saturated rings. The Morgan fingerprint density at radius 2 is 1.79 bits per heavy atom. The zero-order valence-corrected chi connectivity index (χ0v) is 13.0. The van der Waals surface area contributed by atoms with Crippen LogP contribution in [0.15, 0.2) is 64.8 Å². The SMILES string of the molecule is COc1ccc(N=NC(=O)N[C@H](Cc2ccccc2)C(=O)O)cc1. The first kappa shape index (κ1) is 17.1. The van der Waals surface area contributed by atoms with E-state index in [1.54, 1.807) is 55.6 Å². The third-order valence-electron chi connectivity index (χ3n) is 3.21. The van der Waals surface area contributed by atoms with Gasteiger partial charge in [-0.1, -0.05) is 35.4 Å². The molecule has 1 atom stereocenters.